The van der Waals surface area contributed by atoms with E-state index in [-0.39, 0.29) is 0 Å². The van der Waals surface area contributed by atoms with E-state index in [9.17, 15) is 5.11 Å². The molecule has 0 bridgehead atoms. The zero-order valence-corrected chi connectivity index (χ0v) is 7.62. The molecule has 0 amide bonds. The van der Waals surface area contributed by atoms with Crippen molar-refractivity contribution in [2.75, 3.05) is 13.6 Å². The van der Waals surface area contributed by atoms with E-state index in [1.807, 2.05) is 25.2 Å². The van der Waals surface area contributed by atoms with Gasteiger partial charge in [-0.2, -0.15) is 0 Å². The Hall–Kier alpha value is -1.02. The van der Waals surface area contributed by atoms with Gasteiger partial charge in [-0.25, -0.2) is 0 Å². The fourth-order valence-corrected chi connectivity index (χ4v) is 1.05. The highest BCUT2D eigenvalue weighted by Gasteiger charge is 2.01. The first-order valence-electron chi connectivity index (χ1n) is 4.19. The first-order valence-corrected chi connectivity index (χ1v) is 4.19. The maximum absolute atomic E-state index is 9.43. The zero-order valence-electron chi connectivity index (χ0n) is 7.62. The van der Waals surface area contributed by atoms with Crippen molar-refractivity contribution in [3.8, 4) is 5.75 Å². The third-order valence-electron chi connectivity index (χ3n) is 1.97. The van der Waals surface area contributed by atoms with E-state index in [0.29, 0.717) is 5.75 Å². The predicted octanol–water partition coefficient (Wildman–Crippen LogP) is 1.84. The van der Waals surface area contributed by atoms with Crippen LogP contribution in [0.15, 0.2) is 24.3 Å². The topological polar surface area (TPSA) is 23.5 Å². The molecule has 0 radical (unpaired) electrons. The van der Waals surface area contributed by atoms with E-state index in [0.717, 1.165) is 18.7 Å². The highest BCUT2D eigenvalue weighted by atomic mass is 16.3. The third kappa shape index (κ3) is 2.24. The van der Waals surface area contributed by atoms with Crippen LogP contribution in [0, 0.1) is 0 Å². The number of rotatable bonds is 3. The molecule has 0 aromatic heterocycles. The number of hydrogen-bond donors (Lipinski definition) is 1. The summed E-state index contributed by atoms with van der Waals surface area (Å²) >= 11 is 0. The van der Waals surface area contributed by atoms with Crippen molar-refractivity contribution >= 4 is 0 Å². The van der Waals surface area contributed by atoms with E-state index < -0.39 is 0 Å². The second kappa shape index (κ2) is 4.12. The molecule has 12 heavy (non-hydrogen) atoms. The van der Waals surface area contributed by atoms with Crippen molar-refractivity contribution < 1.29 is 5.11 Å². The van der Waals surface area contributed by atoms with Gasteiger partial charge < -0.3 is 10.0 Å². The standard InChI is InChI=1S/C10H15NO/c1-3-11(2)8-9-6-4-5-7-10(9)12/h4-7,12H,3,8H2,1-2H3. The van der Waals surface area contributed by atoms with Crippen molar-refractivity contribution in [3.05, 3.63) is 29.8 Å². The fourth-order valence-electron chi connectivity index (χ4n) is 1.05. The van der Waals surface area contributed by atoms with Crippen LogP contribution in [0.1, 0.15) is 12.5 Å². The Morgan fingerprint density at radius 2 is 2.00 bits per heavy atom. The van der Waals surface area contributed by atoms with E-state index in [1.165, 1.54) is 0 Å². The van der Waals surface area contributed by atoms with Gasteiger partial charge in [0.15, 0.2) is 0 Å². The normalized spacial score (nSPS) is 10.6. The summed E-state index contributed by atoms with van der Waals surface area (Å²) in [4.78, 5) is 2.15. The summed E-state index contributed by atoms with van der Waals surface area (Å²) in [6.07, 6.45) is 0. The second-order valence-corrected chi connectivity index (χ2v) is 2.96. The summed E-state index contributed by atoms with van der Waals surface area (Å²) < 4.78 is 0. The van der Waals surface area contributed by atoms with Crippen LogP contribution < -0.4 is 0 Å². The lowest BCUT2D eigenvalue weighted by molar-refractivity contribution is 0.337. The first-order chi connectivity index (χ1) is 5.74. The van der Waals surface area contributed by atoms with Gasteiger partial charge in [0.05, 0.1) is 0 Å². The molecule has 0 heterocycles. The molecule has 0 saturated carbocycles. The van der Waals surface area contributed by atoms with Gasteiger partial charge in [-0.15, -0.1) is 0 Å². The third-order valence-corrected chi connectivity index (χ3v) is 1.97. The maximum atomic E-state index is 9.43. The Morgan fingerprint density at radius 3 is 2.58 bits per heavy atom. The van der Waals surface area contributed by atoms with Gasteiger partial charge in [0.2, 0.25) is 0 Å². The van der Waals surface area contributed by atoms with E-state index >= 15 is 0 Å². The van der Waals surface area contributed by atoms with Gasteiger partial charge in [0.1, 0.15) is 5.75 Å². The van der Waals surface area contributed by atoms with Gasteiger partial charge in [0.25, 0.3) is 0 Å². The number of nitrogens with zero attached hydrogens (tertiary/aromatic N) is 1. The minimum absolute atomic E-state index is 0.387. The summed E-state index contributed by atoms with van der Waals surface area (Å²) in [5.41, 5.74) is 0.988. The number of hydrogen-bond acceptors (Lipinski definition) is 2. The SMILES string of the molecule is CCN(C)Cc1ccccc1O. The Labute approximate surface area is 73.4 Å². The van der Waals surface area contributed by atoms with Crippen LogP contribution >= 0.6 is 0 Å². The van der Waals surface area contributed by atoms with Crippen LogP contribution in [0.25, 0.3) is 0 Å². The van der Waals surface area contributed by atoms with Crippen LogP contribution in [0.2, 0.25) is 0 Å². The predicted molar refractivity (Wildman–Crippen MR) is 50.1 cm³/mol. The largest absolute Gasteiger partial charge is 0.508 e. The van der Waals surface area contributed by atoms with Gasteiger partial charge in [0, 0.05) is 12.1 Å². The minimum atomic E-state index is 0.387. The van der Waals surface area contributed by atoms with Crippen LogP contribution in [0.4, 0.5) is 0 Å². The quantitative estimate of drug-likeness (QED) is 0.738. The second-order valence-electron chi connectivity index (χ2n) is 2.96. The maximum Gasteiger partial charge on any atom is 0.120 e. The summed E-state index contributed by atoms with van der Waals surface area (Å²) in [6.45, 7) is 3.90. The van der Waals surface area contributed by atoms with Gasteiger partial charge in [-0.1, -0.05) is 25.1 Å². The smallest absolute Gasteiger partial charge is 0.120 e. The molecule has 0 saturated heterocycles. The lowest BCUT2D eigenvalue weighted by Crippen LogP contribution is -2.16. The van der Waals surface area contributed by atoms with E-state index in [2.05, 4.69) is 11.8 Å². The Balaban J connectivity index is 2.69. The van der Waals surface area contributed by atoms with Crippen LogP contribution in [0.3, 0.4) is 0 Å². The number of aromatic hydroxyl groups is 1. The van der Waals surface area contributed by atoms with Gasteiger partial charge >= 0.3 is 0 Å². The first kappa shape index (κ1) is 9.07. The Morgan fingerprint density at radius 1 is 1.33 bits per heavy atom. The van der Waals surface area contributed by atoms with Crippen LogP contribution in [-0.2, 0) is 6.54 Å². The van der Waals surface area contributed by atoms with Crippen molar-refractivity contribution in [2.24, 2.45) is 0 Å². The summed E-state index contributed by atoms with van der Waals surface area (Å²) in [5, 5.41) is 9.43. The summed E-state index contributed by atoms with van der Waals surface area (Å²) in [6, 6.07) is 7.45. The van der Waals surface area contributed by atoms with E-state index in [1.54, 1.807) is 6.07 Å². The molecule has 0 fully saturated rings. The number of phenolic OH excluding ortho intramolecular Hbond substituents is 1. The lowest BCUT2D eigenvalue weighted by atomic mass is 10.2. The summed E-state index contributed by atoms with van der Waals surface area (Å²) in [5.74, 6) is 0.387. The zero-order chi connectivity index (χ0) is 8.97. The fraction of sp³-hybridized carbons (Fsp3) is 0.400. The van der Waals surface area contributed by atoms with Crippen molar-refractivity contribution in [2.45, 2.75) is 13.5 Å². The Kier molecular flexibility index (Phi) is 3.11. The molecule has 0 atom stereocenters. The molecule has 2 heteroatoms. The molecule has 2 nitrogen and oxygen atoms in total. The molecule has 1 aromatic carbocycles. The summed E-state index contributed by atoms with van der Waals surface area (Å²) in [7, 11) is 2.03. The monoisotopic (exact) mass is 165 g/mol. The molecule has 66 valence electrons. The Bertz CT molecular complexity index is 247. The molecule has 0 aliphatic carbocycles. The number of benzene rings is 1. The van der Waals surface area contributed by atoms with Gasteiger partial charge in [-0.05, 0) is 19.7 Å². The van der Waals surface area contributed by atoms with Crippen LogP contribution in [0.5, 0.6) is 5.75 Å². The molecule has 0 spiro atoms. The van der Waals surface area contributed by atoms with Crippen molar-refractivity contribution in [1.29, 1.82) is 0 Å². The molecule has 1 aromatic rings. The highest BCUT2D eigenvalue weighted by Crippen LogP contribution is 2.16. The van der Waals surface area contributed by atoms with Crippen LogP contribution in [-0.4, -0.2) is 23.6 Å². The highest BCUT2D eigenvalue weighted by molar-refractivity contribution is 5.31. The van der Waals surface area contributed by atoms with Crippen molar-refractivity contribution in [3.63, 3.8) is 0 Å². The number of para-hydroxylation sites is 1. The molecule has 0 aliphatic rings. The van der Waals surface area contributed by atoms with Crippen molar-refractivity contribution in [1.82, 2.24) is 4.90 Å². The average Bonchev–Trinajstić information content (AvgIpc) is 2.09. The van der Waals surface area contributed by atoms with Gasteiger partial charge in [-0.3, -0.25) is 0 Å². The molecular weight excluding hydrogens is 150 g/mol. The number of phenols is 1. The molecule has 0 unspecified atom stereocenters. The molecule has 1 N–H and O–H groups in total. The minimum Gasteiger partial charge on any atom is -0.508 e. The average molecular weight is 165 g/mol. The molecule has 1 rings (SSSR count). The van der Waals surface area contributed by atoms with E-state index in [4.69, 9.17) is 0 Å². The molecular formula is C10H15NO. The molecule has 0 aliphatic heterocycles. The lowest BCUT2D eigenvalue weighted by Gasteiger charge is -2.14.